The summed E-state index contributed by atoms with van der Waals surface area (Å²) in [5.41, 5.74) is 12.7. The van der Waals surface area contributed by atoms with Crippen molar-refractivity contribution in [2.75, 3.05) is 0 Å². The second-order valence-corrected chi connectivity index (χ2v) is 12.9. The molecule has 0 aliphatic carbocycles. The summed E-state index contributed by atoms with van der Waals surface area (Å²) in [5.74, 6) is 1.83. The van der Waals surface area contributed by atoms with Gasteiger partial charge in [0.15, 0.2) is 17.5 Å². The van der Waals surface area contributed by atoms with Gasteiger partial charge in [0.2, 0.25) is 0 Å². The van der Waals surface area contributed by atoms with Gasteiger partial charge in [-0.1, -0.05) is 132 Å². The van der Waals surface area contributed by atoms with Crippen molar-refractivity contribution in [2.24, 2.45) is 0 Å². The molecule has 0 aliphatic heterocycles. The first-order chi connectivity index (χ1) is 25.1. The Morgan fingerprint density at radius 3 is 1.71 bits per heavy atom. The summed E-state index contributed by atoms with van der Waals surface area (Å²) in [7, 11) is 0. The fourth-order valence-corrected chi connectivity index (χ4v) is 7.08. The smallest absolute Gasteiger partial charge is 0.166 e. The van der Waals surface area contributed by atoms with Gasteiger partial charge < -0.3 is 4.57 Å². The minimum absolute atomic E-state index is 0.590. The second-order valence-electron chi connectivity index (χ2n) is 12.9. The van der Waals surface area contributed by atoms with Crippen LogP contribution in [0.5, 0.6) is 0 Å². The molecule has 9 aromatic rings. The quantitative estimate of drug-likeness (QED) is 0.179. The fraction of sp³-hybridized carbons (Fsp3) is 0.0435. The number of hydrogen-bond donors (Lipinski definition) is 0. The van der Waals surface area contributed by atoms with Crippen LogP contribution in [0.1, 0.15) is 11.1 Å². The Labute approximate surface area is 296 Å². The van der Waals surface area contributed by atoms with Gasteiger partial charge in [0.05, 0.1) is 22.4 Å². The zero-order valence-electron chi connectivity index (χ0n) is 28.3. The SMILES string of the molecule is Cc1cc(C)cc(-c2ccc3c4ccccc4n(-c4ccc(-c5ccccn5)cc4-c4nc(-c5ccccc5)nc(-c5ccccc5)n4)c3c2)c1. The Balaban J connectivity index is 1.36. The maximum atomic E-state index is 5.19. The number of para-hydroxylation sites is 1. The topological polar surface area (TPSA) is 56.5 Å². The van der Waals surface area contributed by atoms with E-state index in [0.717, 1.165) is 44.7 Å². The number of aryl methyl sites for hydroxylation is 2. The molecule has 51 heavy (non-hydrogen) atoms. The van der Waals surface area contributed by atoms with Crippen LogP contribution in [0.3, 0.4) is 0 Å². The fourth-order valence-electron chi connectivity index (χ4n) is 7.08. The lowest BCUT2D eigenvalue weighted by Gasteiger charge is -2.16. The second kappa shape index (κ2) is 12.6. The molecule has 3 heterocycles. The molecular formula is C46H33N5. The summed E-state index contributed by atoms with van der Waals surface area (Å²) in [4.78, 5) is 20.1. The van der Waals surface area contributed by atoms with Gasteiger partial charge in [0.25, 0.3) is 0 Å². The number of hydrogen-bond acceptors (Lipinski definition) is 4. The molecule has 0 N–H and O–H groups in total. The summed E-state index contributed by atoms with van der Waals surface area (Å²) in [5, 5.41) is 2.37. The highest BCUT2D eigenvalue weighted by Crippen LogP contribution is 2.39. The minimum atomic E-state index is 0.590. The summed E-state index contributed by atoms with van der Waals surface area (Å²) in [6.07, 6.45) is 1.83. The van der Waals surface area contributed by atoms with E-state index in [2.05, 4.69) is 97.3 Å². The number of rotatable bonds is 6. The normalized spacial score (nSPS) is 11.3. The lowest BCUT2D eigenvalue weighted by Crippen LogP contribution is -2.04. The Bertz CT molecular complexity index is 2620. The lowest BCUT2D eigenvalue weighted by molar-refractivity contribution is 1.06. The van der Waals surface area contributed by atoms with Crippen molar-refractivity contribution in [2.45, 2.75) is 13.8 Å². The molecule has 5 nitrogen and oxygen atoms in total. The number of aromatic nitrogens is 5. The predicted molar refractivity (Wildman–Crippen MR) is 209 cm³/mol. The monoisotopic (exact) mass is 655 g/mol. The third-order valence-corrected chi connectivity index (χ3v) is 9.37. The Morgan fingerprint density at radius 2 is 1.02 bits per heavy atom. The van der Waals surface area contributed by atoms with Crippen molar-refractivity contribution >= 4 is 21.8 Å². The van der Waals surface area contributed by atoms with Crippen molar-refractivity contribution < 1.29 is 0 Å². The summed E-state index contributed by atoms with van der Waals surface area (Å²) in [6.45, 7) is 4.31. The molecule has 0 radical (unpaired) electrons. The van der Waals surface area contributed by atoms with Gasteiger partial charge in [-0.3, -0.25) is 4.98 Å². The standard InChI is InChI=1S/C46H33N5/c1-30-25-31(2)27-36(26-30)34-20-22-38-37-17-9-10-19-41(37)51(43(38)29-34)42-23-21-35(40-18-11-12-24-47-40)28-39(42)46-49-44(32-13-5-3-6-14-32)48-45(50-46)33-15-7-4-8-16-33/h3-29H,1-2H3. The molecule has 0 spiro atoms. The molecule has 242 valence electrons. The van der Waals surface area contributed by atoms with E-state index in [1.54, 1.807) is 0 Å². The van der Waals surface area contributed by atoms with E-state index in [1.807, 2.05) is 85.1 Å². The van der Waals surface area contributed by atoms with Crippen LogP contribution in [0.25, 0.3) is 84.0 Å². The highest BCUT2D eigenvalue weighted by molar-refractivity contribution is 6.10. The third-order valence-electron chi connectivity index (χ3n) is 9.37. The Morgan fingerprint density at radius 1 is 0.412 bits per heavy atom. The molecule has 0 unspecified atom stereocenters. The molecule has 0 saturated carbocycles. The molecule has 9 rings (SSSR count). The summed E-state index contributed by atoms with van der Waals surface area (Å²) >= 11 is 0. The zero-order valence-corrected chi connectivity index (χ0v) is 28.3. The zero-order chi connectivity index (χ0) is 34.3. The highest BCUT2D eigenvalue weighted by atomic mass is 15.1. The first-order valence-corrected chi connectivity index (χ1v) is 17.1. The molecule has 0 aliphatic rings. The molecule has 3 aromatic heterocycles. The van der Waals surface area contributed by atoms with E-state index >= 15 is 0 Å². The van der Waals surface area contributed by atoms with E-state index in [0.29, 0.717) is 17.5 Å². The highest BCUT2D eigenvalue weighted by Gasteiger charge is 2.21. The number of pyridine rings is 1. The van der Waals surface area contributed by atoms with Crippen LogP contribution in [0.4, 0.5) is 0 Å². The first kappa shape index (κ1) is 30.3. The van der Waals surface area contributed by atoms with Crippen molar-refractivity contribution in [3.63, 3.8) is 0 Å². The predicted octanol–water partition coefficient (Wildman–Crippen LogP) is 11.3. The van der Waals surface area contributed by atoms with Gasteiger partial charge >= 0.3 is 0 Å². The first-order valence-electron chi connectivity index (χ1n) is 17.1. The van der Waals surface area contributed by atoms with Crippen LogP contribution < -0.4 is 0 Å². The Hall–Kier alpha value is -6.72. The van der Waals surface area contributed by atoms with Crippen molar-refractivity contribution in [3.8, 4) is 62.2 Å². The van der Waals surface area contributed by atoms with Crippen molar-refractivity contribution in [1.82, 2.24) is 24.5 Å². The molecule has 6 aromatic carbocycles. The van der Waals surface area contributed by atoms with Gasteiger partial charge in [-0.15, -0.1) is 0 Å². The van der Waals surface area contributed by atoms with Crippen LogP contribution in [0.15, 0.2) is 164 Å². The van der Waals surface area contributed by atoms with E-state index in [1.165, 1.54) is 33.0 Å². The summed E-state index contributed by atoms with van der Waals surface area (Å²) in [6, 6.07) is 54.9. The molecule has 0 saturated heterocycles. The van der Waals surface area contributed by atoms with Gasteiger partial charge in [0, 0.05) is 39.2 Å². The number of nitrogens with zero attached hydrogens (tertiary/aromatic N) is 5. The van der Waals surface area contributed by atoms with Crippen molar-refractivity contribution in [3.05, 3.63) is 175 Å². The third kappa shape index (κ3) is 5.65. The van der Waals surface area contributed by atoms with E-state index < -0.39 is 0 Å². The van der Waals surface area contributed by atoms with Crippen LogP contribution >= 0.6 is 0 Å². The van der Waals surface area contributed by atoms with E-state index in [9.17, 15) is 0 Å². The molecule has 0 bridgehead atoms. The number of benzene rings is 6. The minimum Gasteiger partial charge on any atom is -0.308 e. The molecular weight excluding hydrogens is 623 g/mol. The number of fused-ring (bicyclic) bond motifs is 3. The van der Waals surface area contributed by atoms with E-state index in [4.69, 9.17) is 19.9 Å². The van der Waals surface area contributed by atoms with Gasteiger partial charge in [-0.25, -0.2) is 15.0 Å². The van der Waals surface area contributed by atoms with Crippen LogP contribution in [-0.2, 0) is 0 Å². The van der Waals surface area contributed by atoms with Crippen LogP contribution in [0.2, 0.25) is 0 Å². The molecule has 0 atom stereocenters. The van der Waals surface area contributed by atoms with Crippen molar-refractivity contribution in [1.29, 1.82) is 0 Å². The van der Waals surface area contributed by atoms with E-state index in [-0.39, 0.29) is 0 Å². The maximum Gasteiger partial charge on any atom is 0.166 e. The average Bonchev–Trinajstić information content (AvgIpc) is 3.51. The van der Waals surface area contributed by atoms with Gasteiger partial charge in [-0.2, -0.15) is 0 Å². The average molecular weight is 656 g/mol. The maximum absolute atomic E-state index is 5.19. The van der Waals surface area contributed by atoms with Crippen LogP contribution in [0, 0.1) is 13.8 Å². The van der Waals surface area contributed by atoms with Gasteiger partial charge in [-0.05, 0) is 61.4 Å². The van der Waals surface area contributed by atoms with Gasteiger partial charge in [0.1, 0.15) is 0 Å². The summed E-state index contributed by atoms with van der Waals surface area (Å²) < 4.78 is 2.36. The Kier molecular flexibility index (Phi) is 7.51. The molecule has 0 fully saturated rings. The largest absolute Gasteiger partial charge is 0.308 e. The molecule has 0 amide bonds. The lowest BCUT2D eigenvalue weighted by atomic mass is 9.99. The van der Waals surface area contributed by atoms with Crippen LogP contribution in [-0.4, -0.2) is 24.5 Å². The molecule has 5 heteroatoms.